The quantitative estimate of drug-likeness (QED) is 0.686. The summed E-state index contributed by atoms with van der Waals surface area (Å²) < 4.78 is 5.47. The summed E-state index contributed by atoms with van der Waals surface area (Å²) in [6.07, 6.45) is 5.36. The van der Waals surface area contributed by atoms with Crippen LogP contribution in [0, 0.1) is 0 Å². The van der Waals surface area contributed by atoms with Gasteiger partial charge in [-0.2, -0.15) is 0 Å². The van der Waals surface area contributed by atoms with Crippen molar-refractivity contribution in [2.45, 2.75) is 19.3 Å². The molecule has 3 amide bonds. The van der Waals surface area contributed by atoms with Gasteiger partial charge in [-0.05, 0) is 37.5 Å². The van der Waals surface area contributed by atoms with Crippen molar-refractivity contribution in [3.05, 3.63) is 29.5 Å². The molecular formula is C17H21N3O3. The third-order valence-corrected chi connectivity index (χ3v) is 4.32. The first-order chi connectivity index (χ1) is 11.1. The molecule has 0 atom stereocenters. The molecule has 2 saturated heterocycles. The number of carbonyl (C=O) groups is 2. The van der Waals surface area contributed by atoms with E-state index in [1.165, 1.54) is 26.3 Å². The van der Waals surface area contributed by atoms with Gasteiger partial charge in [-0.25, -0.2) is 4.79 Å². The van der Waals surface area contributed by atoms with Crippen molar-refractivity contribution >= 4 is 23.7 Å². The van der Waals surface area contributed by atoms with Crippen LogP contribution in [0.4, 0.5) is 10.5 Å². The predicted molar refractivity (Wildman–Crippen MR) is 88.3 cm³/mol. The van der Waals surface area contributed by atoms with Crippen LogP contribution in [0.15, 0.2) is 23.9 Å². The Morgan fingerprint density at radius 2 is 1.91 bits per heavy atom. The summed E-state index contributed by atoms with van der Waals surface area (Å²) in [6.45, 7) is 2.12. The summed E-state index contributed by atoms with van der Waals surface area (Å²) in [5.74, 6) is 0.356. The molecule has 2 aliphatic rings. The Morgan fingerprint density at radius 3 is 2.52 bits per heavy atom. The molecule has 2 fully saturated rings. The average Bonchev–Trinajstić information content (AvgIpc) is 2.83. The highest BCUT2D eigenvalue weighted by atomic mass is 16.5. The standard InChI is InChI=1S/C17H21N3O3/c1-19-16(21)14(18-17(19)22)10-12-6-7-13(11-15(12)23-2)20-8-4-3-5-9-20/h6-7,10-11H,3-5,8-9H2,1-2H3,(H,18,22)/b14-10+. The van der Waals surface area contributed by atoms with Crippen molar-refractivity contribution in [3.8, 4) is 5.75 Å². The first kappa shape index (κ1) is 15.4. The SMILES string of the molecule is COc1cc(N2CCCCC2)ccc1/C=C1/NC(=O)N(C)C1=O. The summed E-state index contributed by atoms with van der Waals surface area (Å²) >= 11 is 0. The number of nitrogens with zero attached hydrogens (tertiary/aromatic N) is 2. The molecule has 0 aliphatic carbocycles. The van der Waals surface area contributed by atoms with Crippen molar-refractivity contribution in [2.24, 2.45) is 0 Å². The van der Waals surface area contributed by atoms with Crippen LogP contribution >= 0.6 is 0 Å². The third kappa shape index (κ3) is 3.02. The van der Waals surface area contributed by atoms with Gasteiger partial charge < -0.3 is 15.0 Å². The molecule has 0 bridgehead atoms. The summed E-state index contributed by atoms with van der Waals surface area (Å²) in [6, 6.07) is 5.53. The Bertz CT molecular complexity index is 663. The van der Waals surface area contributed by atoms with Crippen LogP contribution in [0.25, 0.3) is 6.08 Å². The maximum absolute atomic E-state index is 12.0. The van der Waals surface area contributed by atoms with Gasteiger partial charge in [-0.3, -0.25) is 9.69 Å². The topological polar surface area (TPSA) is 61.9 Å². The molecule has 0 unspecified atom stereocenters. The van der Waals surface area contributed by atoms with Crippen molar-refractivity contribution in [2.75, 3.05) is 32.1 Å². The molecule has 0 spiro atoms. The Kier molecular flexibility index (Phi) is 4.23. The molecule has 0 saturated carbocycles. The van der Waals surface area contributed by atoms with E-state index in [1.807, 2.05) is 18.2 Å². The van der Waals surface area contributed by atoms with Gasteiger partial charge in [0.25, 0.3) is 5.91 Å². The Labute approximate surface area is 135 Å². The second-order valence-electron chi connectivity index (χ2n) is 5.83. The lowest BCUT2D eigenvalue weighted by Crippen LogP contribution is -2.29. The number of benzene rings is 1. The lowest BCUT2D eigenvalue weighted by molar-refractivity contribution is -0.121. The number of urea groups is 1. The highest BCUT2D eigenvalue weighted by Crippen LogP contribution is 2.29. The predicted octanol–water partition coefficient (Wildman–Crippen LogP) is 2.21. The number of ether oxygens (including phenoxy) is 1. The number of hydrogen-bond acceptors (Lipinski definition) is 4. The molecule has 6 nitrogen and oxygen atoms in total. The molecule has 1 aromatic rings. The average molecular weight is 315 g/mol. The van der Waals surface area contributed by atoms with E-state index in [1.54, 1.807) is 13.2 Å². The van der Waals surface area contributed by atoms with Gasteiger partial charge in [0.1, 0.15) is 11.4 Å². The summed E-state index contributed by atoms with van der Waals surface area (Å²) in [5, 5.41) is 2.56. The summed E-state index contributed by atoms with van der Waals surface area (Å²) in [4.78, 5) is 26.9. The number of imide groups is 1. The minimum atomic E-state index is -0.412. The van der Waals surface area contributed by atoms with E-state index in [-0.39, 0.29) is 11.6 Å². The zero-order valence-electron chi connectivity index (χ0n) is 13.5. The van der Waals surface area contributed by atoms with Crippen LogP contribution in [0.3, 0.4) is 0 Å². The van der Waals surface area contributed by atoms with E-state index in [9.17, 15) is 9.59 Å². The smallest absolute Gasteiger partial charge is 0.328 e. The monoisotopic (exact) mass is 315 g/mol. The maximum atomic E-state index is 12.0. The molecule has 1 N–H and O–H groups in total. The molecule has 122 valence electrons. The molecule has 1 aromatic carbocycles. The largest absolute Gasteiger partial charge is 0.496 e. The van der Waals surface area contributed by atoms with Gasteiger partial charge in [0, 0.05) is 37.5 Å². The highest BCUT2D eigenvalue weighted by molar-refractivity contribution is 6.13. The van der Waals surface area contributed by atoms with Gasteiger partial charge in [0.05, 0.1) is 7.11 Å². The number of amides is 3. The van der Waals surface area contributed by atoms with Crippen molar-refractivity contribution in [3.63, 3.8) is 0 Å². The highest BCUT2D eigenvalue weighted by Gasteiger charge is 2.30. The van der Waals surface area contributed by atoms with Gasteiger partial charge in [0.2, 0.25) is 0 Å². The molecule has 2 aliphatic heterocycles. The molecule has 2 heterocycles. The number of hydrogen-bond donors (Lipinski definition) is 1. The second kappa shape index (κ2) is 6.32. The van der Waals surface area contributed by atoms with E-state index < -0.39 is 6.03 Å². The van der Waals surface area contributed by atoms with E-state index in [2.05, 4.69) is 10.2 Å². The fourth-order valence-corrected chi connectivity index (χ4v) is 2.95. The van der Waals surface area contributed by atoms with Crippen LogP contribution in [0.2, 0.25) is 0 Å². The third-order valence-electron chi connectivity index (χ3n) is 4.32. The summed E-state index contributed by atoms with van der Waals surface area (Å²) in [5.41, 5.74) is 2.16. The minimum absolute atomic E-state index is 0.265. The lowest BCUT2D eigenvalue weighted by atomic mass is 10.1. The first-order valence-corrected chi connectivity index (χ1v) is 7.84. The minimum Gasteiger partial charge on any atom is -0.496 e. The molecule has 0 aromatic heterocycles. The summed E-state index contributed by atoms with van der Waals surface area (Å²) in [7, 11) is 3.06. The number of methoxy groups -OCH3 is 1. The second-order valence-corrected chi connectivity index (χ2v) is 5.83. The maximum Gasteiger partial charge on any atom is 0.328 e. The van der Waals surface area contributed by atoms with Crippen LogP contribution in [-0.2, 0) is 4.79 Å². The van der Waals surface area contributed by atoms with Gasteiger partial charge in [-0.15, -0.1) is 0 Å². The zero-order valence-corrected chi connectivity index (χ0v) is 13.5. The number of anilines is 1. The number of rotatable bonds is 3. The number of carbonyl (C=O) groups excluding carboxylic acids is 2. The molecule has 3 rings (SSSR count). The van der Waals surface area contributed by atoms with Crippen molar-refractivity contribution < 1.29 is 14.3 Å². The van der Waals surface area contributed by atoms with Crippen molar-refractivity contribution in [1.82, 2.24) is 10.2 Å². The Morgan fingerprint density at radius 1 is 1.17 bits per heavy atom. The van der Waals surface area contributed by atoms with E-state index >= 15 is 0 Å². The number of nitrogens with one attached hydrogen (secondary N) is 1. The normalized spacial score (nSPS) is 20.2. The number of piperidine rings is 1. The Balaban J connectivity index is 1.88. The lowest BCUT2D eigenvalue weighted by Gasteiger charge is -2.29. The van der Waals surface area contributed by atoms with Crippen LogP contribution in [-0.4, -0.2) is 44.1 Å². The van der Waals surface area contributed by atoms with Crippen molar-refractivity contribution in [1.29, 1.82) is 0 Å². The molecule has 6 heteroatoms. The van der Waals surface area contributed by atoms with E-state index in [4.69, 9.17) is 4.74 Å². The first-order valence-electron chi connectivity index (χ1n) is 7.84. The fraction of sp³-hybridized carbons (Fsp3) is 0.412. The van der Waals surface area contributed by atoms with Gasteiger partial charge >= 0.3 is 6.03 Å². The molecular weight excluding hydrogens is 294 g/mol. The number of likely N-dealkylation sites (N-methyl/N-ethyl adjacent to an activating group) is 1. The van der Waals surface area contributed by atoms with Crippen LogP contribution in [0.1, 0.15) is 24.8 Å². The van der Waals surface area contributed by atoms with Gasteiger partial charge in [-0.1, -0.05) is 0 Å². The van der Waals surface area contributed by atoms with Crippen LogP contribution in [0.5, 0.6) is 5.75 Å². The van der Waals surface area contributed by atoms with Gasteiger partial charge in [0.15, 0.2) is 0 Å². The molecule has 0 radical (unpaired) electrons. The fourth-order valence-electron chi connectivity index (χ4n) is 2.95. The van der Waals surface area contributed by atoms with E-state index in [0.717, 1.165) is 29.2 Å². The Hall–Kier alpha value is -2.50. The molecule has 23 heavy (non-hydrogen) atoms. The van der Waals surface area contributed by atoms with E-state index in [0.29, 0.717) is 5.75 Å². The zero-order chi connectivity index (χ0) is 16.4. The van der Waals surface area contributed by atoms with Crippen LogP contribution < -0.4 is 15.0 Å².